The van der Waals surface area contributed by atoms with E-state index in [1.807, 2.05) is 0 Å². The van der Waals surface area contributed by atoms with Gasteiger partial charge >= 0.3 is 5.97 Å². The number of sulfonamides is 1. The zero-order valence-corrected chi connectivity index (χ0v) is 15.3. The maximum Gasteiger partial charge on any atom is 0.325 e. The lowest BCUT2D eigenvalue weighted by molar-refractivity contribution is -0.137. The Hall–Kier alpha value is -2.72. The first-order valence-corrected chi connectivity index (χ1v) is 9.96. The molecule has 3 rings (SSSR count). The molecule has 144 valence electrons. The minimum Gasteiger partial charge on any atom is -0.480 e. The number of anilines is 1. The Labute approximate surface area is 156 Å². The van der Waals surface area contributed by atoms with Gasteiger partial charge in [0, 0.05) is 24.7 Å². The molecule has 2 aromatic rings. The second kappa shape index (κ2) is 7.89. The van der Waals surface area contributed by atoms with Crippen LogP contribution in [0.4, 0.5) is 5.82 Å². The van der Waals surface area contributed by atoms with Crippen LogP contribution < -0.4 is 10.0 Å². The van der Waals surface area contributed by atoms with Crippen molar-refractivity contribution in [2.24, 2.45) is 0 Å². The van der Waals surface area contributed by atoms with Gasteiger partial charge in [-0.2, -0.15) is 5.10 Å². The molecule has 0 spiro atoms. The molecule has 0 atom stereocenters. The molecule has 1 fully saturated rings. The molecule has 0 radical (unpaired) electrons. The Bertz CT molecular complexity index is 932. The second-order valence-electron chi connectivity index (χ2n) is 6.38. The fourth-order valence-electron chi connectivity index (χ4n) is 2.44. The summed E-state index contributed by atoms with van der Waals surface area (Å²) in [7, 11) is -3.47. The topological polar surface area (TPSA) is 130 Å². The van der Waals surface area contributed by atoms with Gasteiger partial charge < -0.3 is 10.4 Å². The maximum atomic E-state index is 12.1. The molecule has 3 N–H and O–H groups in total. The first-order valence-electron chi connectivity index (χ1n) is 8.48. The summed E-state index contributed by atoms with van der Waals surface area (Å²) in [5, 5.41) is 15.2. The van der Waals surface area contributed by atoms with Crippen LogP contribution in [-0.4, -0.2) is 41.2 Å². The van der Waals surface area contributed by atoms with E-state index in [0.29, 0.717) is 6.42 Å². The van der Waals surface area contributed by atoms with Crippen molar-refractivity contribution in [1.29, 1.82) is 0 Å². The number of carboxylic acid groups (broad SMARTS) is 1. The zero-order chi connectivity index (χ0) is 19.4. The monoisotopic (exact) mass is 392 g/mol. The van der Waals surface area contributed by atoms with E-state index in [1.165, 1.54) is 29.1 Å². The number of amides is 1. The minimum atomic E-state index is -3.47. The maximum absolute atomic E-state index is 12.1. The molecule has 0 saturated heterocycles. The number of nitrogens with one attached hydrogen (secondary N) is 2. The number of hydrogen-bond acceptors (Lipinski definition) is 5. The van der Waals surface area contributed by atoms with Gasteiger partial charge in [-0.1, -0.05) is 12.1 Å². The molecule has 1 amide bonds. The van der Waals surface area contributed by atoms with Crippen LogP contribution >= 0.6 is 0 Å². The van der Waals surface area contributed by atoms with Crippen LogP contribution in [0, 0.1) is 0 Å². The van der Waals surface area contributed by atoms with Gasteiger partial charge in [0.25, 0.3) is 0 Å². The summed E-state index contributed by atoms with van der Waals surface area (Å²) in [6.45, 7) is -0.277. The van der Waals surface area contributed by atoms with Crippen LogP contribution in [0.1, 0.15) is 24.8 Å². The van der Waals surface area contributed by atoms with Crippen LogP contribution in [0.25, 0.3) is 0 Å². The number of aryl methyl sites for hydroxylation is 1. The summed E-state index contributed by atoms with van der Waals surface area (Å²) >= 11 is 0. The van der Waals surface area contributed by atoms with E-state index in [4.69, 9.17) is 5.11 Å². The van der Waals surface area contributed by atoms with Crippen LogP contribution in [-0.2, 0) is 32.6 Å². The van der Waals surface area contributed by atoms with Gasteiger partial charge in [-0.3, -0.25) is 14.3 Å². The molecular formula is C17H20N4O5S. The Morgan fingerprint density at radius 3 is 2.52 bits per heavy atom. The number of aromatic nitrogens is 2. The van der Waals surface area contributed by atoms with Gasteiger partial charge in [0.15, 0.2) is 5.82 Å². The summed E-state index contributed by atoms with van der Waals surface area (Å²) in [4.78, 5) is 22.8. The third-order valence-corrected chi connectivity index (χ3v) is 5.52. The van der Waals surface area contributed by atoms with Crippen molar-refractivity contribution in [1.82, 2.24) is 14.5 Å². The highest BCUT2D eigenvalue weighted by atomic mass is 32.2. The number of benzene rings is 1. The van der Waals surface area contributed by atoms with Gasteiger partial charge in [-0.15, -0.1) is 0 Å². The SMILES string of the molecule is O=C(O)Cn1ccc(NC(=O)CCc2ccc(S(=O)(=O)NC3CC3)cc2)n1. The summed E-state index contributed by atoms with van der Waals surface area (Å²) in [6.07, 6.45) is 3.86. The fourth-order valence-corrected chi connectivity index (χ4v) is 3.75. The molecule has 0 unspecified atom stereocenters. The molecule has 0 aliphatic heterocycles. The van der Waals surface area contributed by atoms with E-state index >= 15 is 0 Å². The fraction of sp³-hybridized carbons (Fsp3) is 0.353. The molecule has 0 bridgehead atoms. The van der Waals surface area contributed by atoms with Crippen LogP contribution in [0.15, 0.2) is 41.4 Å². The van der Waals surface area contributed by atoms with E-state index < -0.39 is 16.0 Å². The van der Waals surface area contributed by atoms with E-state index in [2.05, 4.69) is 15.1 Å². The largest absolute Gasteiger partial charge is 0.480 e. The lowest BCUT2D eigenvalue weighted by Crippen LogP contribution is -2.25. The predicted molar refractivity (Wildman–Crippen MR) is 96.6 cm³/mol. The molecule has 27 heavy (non-hydrogen) atoms. The first kappa shape index (κ1) is 19.1. The quantitative estimate of drug-likeness (QED) is 0.583. The first-order chi connectivity index (χ1) is 12.8. The van der Waals surface area contributed by atoms with E-state index in [9.17, 15) is 18.0 Å². The van der Waals surface area contributed by atoms with Gasteiger partial charge in [0.05, 0.1) is 4.90 Å². The standard InChI is InChI=1S/C17H20N4O5S/c22-16(18-15-9-10-21(19-15)11-17(23)24)8-3-12-1-6-14(7-2-12)27(25,26)20-13-4-5-13/h1-2,6-7,9-10,13,20H,3-5,8,11H2,(H,23,24)(H,18,19,22). The number of nitrogens with zero attached hydrogens (tertiary/aromatic N) is 2. The van der Waals surface area contributed by atoms with E-state index in [0.717, 1.165) is 18.4 Å². The van der Waals surface area contributed by atoms with Crippen molar-refractivity contribution < 1.29 is 23.1 Å². The van der Waals surface area contributed by atoms with Gasteiger partial charge in [-0.05, 0) is 37.0 Å². The lowest BCUT2D eigenvalue weighted by atomic mass is 10.1. The minimum absolute atomic E-state index is 0.0531. The van der Waals surface area contributed by atoms with Crippen molar-refractivity contribution >= 4 is 27.7 Å². The number of rotatable bonds is 9. The molecule has 1 aromatic carbocycles. The Kier molecular flexibility index (Phi) is 5.57. The highest BCUT2D eigenvalue weighted by molar-refractivity contribution is 7.89. The summed E-state index contributed by atoms with van der Waals surface area (Å²) in [6, 6.07) is 8.02. The third-order valence-electron chi connectivity index (χ3n) is 3.98. The average Bonchev–Trinajstić information content (AvgIpc) is 3.30. The van der Waals surface area contributed by atoms with Gasteiger partial charge in [0.2, 0.25) is 15.9 Å². The molecule has 1 heterocycles. The van der Waals surface area contributed by atoms with E-state index in [1.54, 1.807) is 12.1 Å². The van der Waals surface area contributed by atoms with Crippen molar-refractivity contribution in [3.63, 3.8) is 0 Å². The second-order valence-corrected chi connectivity index (χ2v) is 8.09. The Morgan fingerprint density at radius 2 is 1.89 bits per heavy atom. The van der Waals surface area contributed by atoms with Crippen molar-refractivity contribution in [3.8, 4) is 0 Å². The summed E-state index contributed by atoms with van der Waals surface area (Å²) < 4.78 is 28.1. The Morgan fingerprint density at radius 1 is 1.19 bits per heavy atom. The third kappa shape index (κ3) is 5.63. The molecule has 1 aliphatic carbocycles. The molecule has 1 aromatic heterocycles. The van der Waals surface area contributed by atoms with Gasteiger partial charge in [-0.25, -0.2) is 13.1 Å². The number of carboxylic acids is 1. The molecule has 10 heteroatoms. The summed E-state index contributed by atoms with van der Waals surface area (Å²) in [5.74, 6) is -0.995. The average molecular weight is 392 g/mol. The lowest BCUT2D eigenvalue weighted by Gasteiger charge is -2.07. The molecule has 9 nitrogen and oxygen atoms in total. The Balaban J connectivity index is 1.49. The number of aliphatic carboxylic acids is 1. The van der Waals surface area contributed by atoms with Crippen molar-refractivity contribution in [2.75, 3.05) is 5.32 Å². The highest BCUT2D eigenvalue weighted by Crippen LogP contribution is 2.22. The van der Waals surface area contributed by atoms with Crippen LogP contribution in [0.5, 0.6) is 0 Å². The number of hydrogen-bond donors (Lipinski definition) is 3. The van der Waals surface area contributed by atoms with Gasteiger partial charge in [0.1, 0.15) is 6.54 Å². The highest BCUT2D eigenvalue weighted by Gasteiger charge is 2.27. The van der Waals surface area contributed by atoms with E-state index in [-0.39, 0.29) is 35.6 Å². The molecule has 1 saturated carbocycles. The number of carbonyl (C=O) groups is 2. The molecular weight excluding hydrogens is 372 g/mol. The zero-order valence-electron chi connectivity index (χ0n) is 14.5. The van der Waals surface area contributed by atoms with Crippen molar-refractivity contribution in [2.45, 2.75) is 43.2 Å². The summed E-state index contributed by atoms with van der Waals surface area (Å²) in [5.41, 5.74) is 0.840. The van der Waals surface area contributed by atoms with Crippen molar-refractivity contribution in [3.05, 3.63) is 42.1 Å². The predicted octanol–water partition coefficient (Wildman–Crippen LogP) is 0.980. The normalized spacial score (nSPS) is 14.1. The molecule has 1 aliphatic rings. The van der Waals surface area contributed by atoms with Crippen LogP contribution in [0.3, 0.4) is 0 Å². The van der Waals surface area contributed by atoms with Crippen LogP contribution in [0.2, 0.25) is 0 Å². The number of carbonyl (C=O) groups excluding carboxylic acids is 1. The smallest absolute Gasteiger partial charge is 0.325 e.